The standard InChI is InChI=1S/C13H25NO2/c15-10-9-14(11-5-2-1-3-6-11)12-7-4-8-13(12)16/h11-13,15-16H,1-10H2/t12-,13-/m1/s1. The van der Waals surface area contributed by atoms with E-state index >= 15 is 0 Å². The van der Waals surface area contributed by atoms with Gasteiger partial charge in [0, 0.05) is 18.6 Å². The first-order chi connectivity index (χ1) is 7.83. The maximum absolute atomic E-state index is 9.99. The molecule has 2 atom stereocenters. The summed E-state index contributed by atoms with van der Waals surface area (Å²) in [5.74, 6) is 0. The number of hydrogen-bond donors (Lipinski definition) is 2. The average molecular weight is 227 g/mol. The lowest BCUT2D eigenvalue weighted by Crippen LogP contribution is -2.48. The minimum Gasteiger partial charge on any atom is -0.395 e. The third-order valence-corrected chi connectivity index (χ3v) is 4.27. The summed E-state index contributed by atoms with van der Waals surface area (Å²) < 4.78 is 0. The maximum Gasteiger partial charge on any atom is 0.0695 e. The Hall–Kier alpha value is -0.120. The van der Waals surface area contributed by atoms with Crippen LogP contribution in [0.1, 0.15) is 51.4 Å². The van der Waals surface area contributed by atoms with E-state index in [-0.39, 0.29) is 12.7 Å². The lowest BCUT2D eigenvalue weighted by molar-refractivity contribution is 0.0205. The molecule has 0 aromatic carbocycles. The first-order valence-corrected chi connectivity index (χ1v) is 6.87. The average Bonchev–Trinajstić information content (AvgIpc) is 2.73. The molecule has 0 unspecified atom stereocenters. The zero-order chi connectivity index (χ0) is 11.4. The lowest BCUT2D eigenvalue weighted by atomic mass is 9.92. The molecule has 0 aromatic heterocycles. The van der Waals surface area contributed by atoms with Crippen molar-refractivity contribution in [1.29, 1.82) is 0 Å². The van der Waals surface area contributed by atoms with Crippen LogP contribution in [-0.2, 0) is 0 Å². The SMILES string of the molecule is OCCN(C1CCCCC1)[C@@H]1CCC[C@H]1O. The quantitative estimate of drug-likeness (QED) is 0.765. The van der Waals surface area contributed by atoms with Crippen LogP contribution in [0.4, 0.5) is 0 Å². The van der Waals surface area contributed by atoms with E-state index in [0.717, 1.165) is 25.8 Å². The molecule has 2 aliphatic rings. The molecule has 94 valence electrons. The van der Waals surface area contributed by atoms with Crippen LogP contribution in [0.3, 0.4) is 0 Å². The Labute approximate surface area is 98.5 Å². The highest BCUT2D eigenvalue weighted by Gasteiger charge is 2.34. The van der Waals surface area contributed by atoms with Crippen LogP contribution >= 0.6 is 0 Å². The summed E-state index contributed by atoms with van der Waals surface area (Å²) in [5.41, 5.74) is 0. The van der Waals surface area contributed by atoms with Crippen LogP contribution in [-0.4, -0.2) is 46.5 Å². The van der Waals surface area contributed by atoms with Crippen LogP contribution in [0, 0.1) is 0 Å². The van der Waals surface area contributed by atoms with E-state index in [1.807, 2.05) is 0 Å². The van der Waals surface area contributed by atoms with E-state index < -0.39 is 0 Å². The molecule has 0 saturated heterocycles. The van der Waals surface area contributed by atoms with Crippen molar-refractivity contribution in [2.75, 3.05) is 13.2 Å². The van der Waals surface area contributed by atoms with E-state index in [2.05, 4.69) is 4.90 Å². The second-order valence-electron chi connectivity index (χ2n) is 5.32. The van der Waals surface area contributed by atoms with Gasteiger partial charge in [-0.1, -0.05) is 19.3 Å². The molecular weight excluding hydrogens is 202 g/mol. The first kappa shape index (κ1) is 12.3. The van der Waals surface area contributed by atoms with Gasteiger partial charge < -0.3 is 10.2 Å². The Morgan fingerprint density at radius 1 is 0.938 bits per heavy atom. The van der Waals surface area contributed by atoms with Gasteiger partial charge in [-0.25, -0.2) is 0 Å². The van der Waals surface area contributed by atoms with Crippen LogP contribution in [0.25, 0.3) is 0 Å². The summed E-state index contributed by atoms with van der Waals surface area (Å²) in [6.45, 7) is 0.964. The Kier molecular flexibility index (Phi) is 4.62. The zero-order valence-electron chi connectivity index (χ0n) is 10.1. The topological polar surface area (TPSA) is 43.7 Å². The number of aliphatic hydroxyl groups is 2. The van der Waals surface area contributed by atoms with Crippen LogP contribution in [0.5, 0.6) is 0 Å². The molecule has 3 nitrogen and oxygen atoms in total. The monoisotopic (exact) mass is 227 g/mol. The van der Waals surface area contributed by atoms with Crippen molar-refractivity contribution in [3.63, 3.8) is 0 Å². The van der Waals surface area contributed by atoms with Crippen molar-refractivity contribution < 1.29 is 10.2 Å². The minimum atomic E-state index is -0.159. The summed E-state index contributed by atoms with van der Waals surface area (Å²) in [5, 5.41) is 19.2. The normalized spacial score (nSPS) is 32.4. The molecule has 0 amide bonds. The van der Waals surface area contributed by atoms with Crippen molar-refractivity contribution in [2.24, 2.45) is 0 Å². The van der Waals surface area contributed by atoms with E-state index in [1.54, 1.807) is 0 Å². The number of nitrogens with zero attached hydrogens (tertiary/aromatic N) is 1. The van der Waals surface area contributed by atoms with Gasteiger partial charge in [-0.3, -0.25) is 4.90 Å². The molecule has 16 heavy (non-hydrogen) atoms. The molecule has 0 radical (unpaired) electrons. The number of rotatable bonds is 4. The molecule has 3 heteroatoms. The van der Waals surface area contributed by atoms with Gasteiger partial charge in [-0.2, -0.15) is 0 Å². The Morgan fingerprint density at radius 3 is 2.25 bits per heavy atom. The van der Waals surface area contributed by atoms with E-state index in [1.165, 1.54) is 32.1 Å². The highest BCUT2D eigenvalue weighted by Crippen LogP contribution is 2.30. The molecule has 0 aliphatic heterocycles. The van der Waals surface area contributed by atoms with E-state index in [9.17, 15) is 10.2 Å². The predicted molar refractivity (Wildman–Crippen MR) is 64.3 cm³/mol. The smallest absolute Gasteiger partial charge is 0.0695 e. The predicted octanol–water partition coefficient (Wildman–Crippen LogP) is 1.53. The second kappa shape index (κ2) is 5.99. The fraction of sp³-hybridized carbons (Fsp3) is 1.00. The zero-order valence-corrected chi connectivity index (χ0v) is 10.1. The van der Waals surface area contributed by atoms with Crippen molar-refractivity contribution >= 4 is 0 Å². The van der Waals surface area contributed by atoms with Gasteiger partial charge in [0.1, 0.15) is 0 Å². The van der Waals surface area contributed by atoms with Crippen LogP contribution in [0.2, 0.25) is 0 Å². The van der Waals surface area contributed by atoms with Crippen molar-refractivity contribution in [3.8, 4) is 0 Å². The molecule has 2 aliphatic carbocycles. The summed E-state index contributed by atoms with van der Waals surface area (Å²) >= 11 is 0. The Bertz CT molecular complexity index is 204. The molecule has 2 saturated carbocycles. The molecule has 0 aromatic rings. The fourth-order valence-corrected chi connectivity index (χ4v) is 3.46. The molecule has 0 heterocycles. The van der Waals surface area contributed by atoms with Crippen molar-refractivity contribution in [1.82, 2.24) is 4.90 Å². The summed E-state index contributed by atoms with van der Waals surface area (Å²) in [6.07, 6.45) is 9.53. The van der Waals surface area contributed by atoms with E-state index in [4.69, 9.17) is 0 Å². The van der Waals surface area contributed by atoms with Crippen LogP contribution < -0.4 is 0 Å². The summed E-state index contributed by atoms with van der Waals surface area (Å²) in [7, 11) is 0. The third-order valence-electron chi connectivity index (χ3n) is 4.27. The van der Waals surface area contributed by atoms with Gasteiger partial charge in [-0.15, -0.1) is 0 Å². The van der Waals surface area contributed by atoms with Crippen molar-refractivity contribution in [3.05, 3.63) is 0 Å². The lowest BCUT2D eigenvalue weighted by Gasteiger charge is -2.39. The van der Waals surface area contributed by atoms with Gasteiger partial charge in [0.15, 0.2) is 0 Å². The molecule has 2 rings (SSSR count). The Balaban J connectivity index is 1.97. The highest BCUT2D eigenvalue weighted by atomic mass is 16.3. The van der Waals surface area contributed by atoms with Gasteiger partial charge >= 0.3 is 0 Å². The maximum atomic E-state index is 9.99. The fourth-order valence-electron chi connectivity index (χ4n) is 3.46. The highest BCUT2D eigenvalue weighted by molar-refractivity contribution is 4.89. The van der Waals surface area contributed by atoms with Gasteiger partial charge in [0.05, 0.1) is 12.7 Å². The van der Waals surface area contributed by atoms with Gasteiger partial charge in [0.2, 0.25) is 0 Å². The summed E-state index contributed by atoms with van der Waals surface area (Å²) in [6, 6.07) is 0.925. The third kappa shape index (κ3) is 2.76. The molecular formula is C13H25NO2. The van der Waals surface area contributed by atoms with E-state index in [0.29, 0.717) is 12.1 Å². The molecule has 0 spiro atoms. The van der Waals surface area contributed by atoms with Crippen molar-refractivity contribution in [2.45, 2.75) is 69.6 Å². The number of hydrogen-bond acceptors (Lipinski definition) is 3. The summed E-state index contributed by atoms with van der Waals surface area (Å²) in [4.78, 5) is 2.40. The minimum absolute atomic E-state index is 0.159. The molecule has 2 N–H and O–H groups in total. The largest absolute Gasteiger partial charge is 0.395 e. The second-order valence-corrected chi connectivity index (χ2v) is 5.32. The first-order valence-electron chi connectivity index (χ1n) is 6.87. The van der Waals surface area contributed by atoms with Gasteiger partial charge in [-0.05, 0) is 32.1 Å². The molecule has 0 bridgehead atoms. The Morgan fingerprint density at radius 2 is 1.69 bits per heavy atom. The number of aliphatic hydroxyl groups excluding tert-OH is 2. The van der Waals surface area contributed by atoms with Crippen LogP contribution in [0.15, 0.2) is 0 Å². The molecule has 2 fully saturated rings. The van der Waals surface area contributed by atoms with Gasteiger partial charge in [0.25, 0.3) is 0 Å².